The van der Waals surface area contributed by atoms with Crippen LogP contribution >= 0.6 is 6.72 Å². The van der Waals surface area contributed by atoms with Crippen molar-refractivity contribution in [3.05, 3.63) is 0 Å². The van der Waals surface area contributed by atoms with Crippen LogP contribution in [0, 0.1) is 5.92 Å². The number of hydrogen-bond acceptors (Lipinski definition) is 4. The van der Waals surface area contributed by atoms with Gasteiger partial charge in [-0.3, -0.25) is 0 Å². The Kier molecular flexibility index (Phi) is 5.85. The van der Waals surface area contributed by atoms with Gasteiger partial charge in [-0.05, 0) is 38.0 Å². The Morgan fingerprint density at radius 3 is 2.81 bits per heavy atom. The summed E-state index contributed by atoms with van der Waals surface area (Å²) in [4.78, 5) is 9.73. The molecular formula is C10H21O4PS. The predicted molar refractivity (Wildman–Crippen MR) is 66.8 cm³/mol. The largest absolute Gasteiger partial charge is 0.376 e. The summed E-state index contributed by atoms with van der Waals surface area (Å²) in [6, 6.07) is 0. The van der Waals surface area contributed by atoms with E-state index in [4.69, 9.17) is 25.6 Å². The Morgan fingerprint density at radius 1 is 1.56 bits per heavy atom. The van der Waals surface area contributed by atoms with Crippen LogP contribution in [-0.4, -0.2) is 30.3 Å². The SMILES string of the molecule is CCC1CCOC1COP(O)(=S)OC(C)C. The molecule has 1 heterocycles. The van der Waals surface area contributed by atoms with E-state index in [9.17, 15) is 4.89 Å². The lowest BCUT2D eigenvalue weighted by Crippen LogP contribution is -2.21. The molecule has 1 aliphatic heterocycles. The third-order valence-electron chi connectivity index (χ3n) is 2.62. The molecule has 4 nitrogen and oxygen atoms in total. The normalized spacial score (nSPS) is 29.6. The minimum absolute atomic E-state index is 0.0511. The van der Waals surface area contributed by atoms with Crippen LogP contribution in [0.4, 0.5) is 0 Å². The zero-order valence-corrected chi connectivity index (χ0v) is 11.8. The summed E-state index contributed by atoms with van der Waals surface area (Å²) in [5.41, 5.74) is 0. The molecule has 0 spiro atoms. The highest BCUT2D eigenvalue weighted by Crippen LogP contribution is 2.45. The van der Waals surface area contributed by atoms with Crippen molar-refractivity contribution in [2.75, 3.05) is 13.2 Å². The summed E-state index contributed by atoms with van der Waals surface area (Å²) in [6.45, 7) is 3.79. The first-order valence-corrected chi connectivity index (χ1v) is 8.31. The van der Waals surface area contributed by atoms with Gasteiger partial charge in [0.1, 0.15) is 0 Å². The standard InChI is InChI=1S/C10H21O4PS/c1-4-9-5-6-12-10(9)7-13-15(11,16)14-8(2)3/h8-10H,4-7H2,1-3H3,(H,11,16). The number of hydrogen-bond donors (Lipinski definition) is 1. The second-order valence-electron chi connectivity index (χ2n) is 4.28. The lowest BCUT2D eigenvalue weighted by molar-refractivity contribution is 0.0368. The molecule has 3 unspecified atom stereocenters. The van der Waals surface area contributed by atoms with Gasteiger partial charge in [-0.2, -0.15) is 0 Å². The number of ether oxygens (including phenoxy) is 1. The van der Waals surface area contributed by atoms with Gasteiger partial charge in [0.15, 0.2) is 0 Å². The van der Waals surface area contributed by atoms with Crippen molar-refractivity contribution in [3.63, 3.8) is 0 Å². The molecule has 1 fully saturated rings. The molecule has 0 amide bonds. The van der Waals surface area contributed by atoms with E-state index in [-0.39, 0.29) is 12.2 Å². The molecular weight excluding hydrogens is 247 g/mol. The quantitative estimate of drug-likeness (QED) is 0.750. The fraction of sp³-hybridized carbons (Fsp3) is 1.00. The molecule has 0 aromatic rings. The van der Waals surface area contributed by atoms with E-state index in [1.165, 1.54) is 0 Å². The summed E-state index contributed by atoms with van der Waals surface area (Å²) >= 11 is 4.90. The lowest BCUT2D eigenvalue weighted by atomic mass is 9.99. The van der Waals surface area contributed by atoms with Crippen molar-refractivity contribution < 1.29 is 18.7 Å². The minimum Gasteiger partial charge on any atom is -0.376 e. The van der Waals surface area contributed by atoms with Crippen LogP contribution in [0.15, 0.2) is 0 Å². The summed E-state index contributed by atoms with van der Waals surface area (Å²) in [5.74, 6) is 0.508. The highest BCUT2D eigenvalue weighted by atomic mass is 32.5. The van der Waals surface area contributed by atoms with Crippen molar-refractivity contribution >= 4 is 18.5 Å². The van der Waals surface area contributed by atoms with Crippen LogP contribution in [0.5, 0.6) is 0 Å². The molecule has 1 aliphatic rings. The van der Waals surface area contributed by atoms with Crippen LogP contribution in [-0.2, 0) is 25.6 Å². The average Bonchev–Trinajstić information content (AvgIpc) is 2.59. The minimum atomic E-state index is -3.08. The van der Waals surface area contributed by atoms with E-state index in [1.54, 1.807) is 0 Å². The van der Waals surface area contributed by atoms with Gasteiger partial charge in [-0.15, -0.1) is 0 Å². The fourth-order valence-corrected chi connectivity index (χ4v) is 3.44. The van der Waals surface area contributed by atoms with Crippen LogP contribution in [0.2, 0.25) is 0 Å². The average molecular weight is 268 g/mol. The Hall–Kier alpha value is 0.490. The maximum Gasteiger partial charge on any atom is 0.324 e. The molecule has 0 aromatic carbocycles. The number of rotatable bonds is 6. The summed E-state index contributed by atoms with van der Waals surface area (Å²) < 4.78 is 16.0. The maximum atomic E-state index is 9.73. The van der Waals surface area contributed by atoms with Gasteiger partial charge in [0.25, 0.3) is 0 Å². The molecule has 1 N–H and O–H groups in total. The third-order valence-corrected chi connectivity index (χ3v) is 4.35. The van der Waals surface area contributed by atoms with Gasteiger partial charge in [-0.1, -0.05) is 13.3 Å². The zero-order chi connectivity index (χ0) is 12.2. The van der Waals surface area contributed by atoms with E-state index in [2.05, 4.69) is 6.92 Å². The second kappa shape index (κ2) is 6.43. The molecule has 6 heteroatoms. The summed E-state index contributed by atoms with van der Waals surface area (Å²) in [7, 11) is 0. The molecule has 0 aliphatic carbocycles. The van der Waals surface area contributed by atoms with Gasteiger partial charge in [0.2, 0.25) is 0 Å². The summed E-state index contributed by atoms with van der Waals surface area (Å²) in [5, 5.41) is 0. The molecule has 0 aromatic heterocycles. The van der Waals surface area contributed by atoms with Crippen LogP contribution < -0.4 is 0 Å². The monoisotopic (exact) mass is 268 g/mol. The van der Waals surface area contributed by atoms with E-state index < -0.39 is 6.72 Å². The van der Waals surface area contributed by atoms with Crippen LogP contribution in [0.3, 0.4) is 0 Å². The van der Waals surface area contributed by atoms with Crippen LogP contribution in [0.1, 0.15) is 33.6 Å². The Labute approximate surface area is 103 Å². The Morgan fingerprint density at radius 2 is 2.25 bits per heavy atom. The molecule has 1 saturated heterocycles. The lowest BCUT2D eigenvalue weighted by Gasteiger charge is -2.22. The molecule has 0 bridgehead atoms. The zero-order valence-electron chi connectivity index (χ0n) is 10.1. The summed E-state index contributed by atoms with van der Waals surface area (Å²) in [6.07, 6.45) is 2.05. The van der Waals surface area contributed by atoms with Gasteiger partial charge < -0.3 is 18.7 Å². The molecule has 1 rings (SSSR count). The molecule has 3 atom stereocenters. The van der Waals surface area contributed by atoms with Gasteiger partial charge >= 0.3 is 6.72 Å². The van der Waals surface area contributed by atoms with Crippen LogP contribution in [0.25, 0.3) is 0 Å². The molecule has 0 saturated carbocycles. The predicted octanol–water partition coefficient (Wildman–Crippen LogP) is 2.46. The van der Waals surface area contributed by atoms with Crippen molar-refractivity contribution in [3.8, 4) is 0 Å². The third kappa shape index (κ3) is 4.78. The topological polar surface area (TPSA) is 47.9 Å². The van der Waals surface area contributed by atoms with Crippen molar-refractivity contribution in [1.82, 2.24) is 0 Å². The first kappa shape index (κ1) is 14.6. The van der Waals surface area contributed by atoms with E-state index in [1.807, 2.05) is 13.8 Å². The van der Waals surface area contributed by atoms with Gasteiger partial charge in [-0.25, -0.2) is 0 Å². The Bertz CT molecular complexity index is 259. The highest BCUT2D eigenvalue weighted by molar-refractivity contribution is 8.07. The van der Waals surface area contributed by atoms with Crippen molar-refractivity contribution in [2.45, 2.75) is 45.8 Å². The molecule has 96 valence electrons. The van der Waals surface area contributed by atoms with Crippen molar-refractivity contribution in [2.24, 2.45) is 5.92 Å². The first-order chi connectivity index (χ1) is 7.44. The fourth-order valence-electron chi connectivity index (χ4n) is 1.81. The van der Waals surface area contributed by atoms with E-state index >= 15 is 0 Å². The van der Waals surface area contributed by atoms with Gasteiger partial charge in [0, 0.05) is 6.61 Å². The Balaban J connectivity index is 2.35. The molecule has 16 heavy (non-hydrogen) atoms. The highest BCUT2D eigenvalue weighted by Gasteiger charge is 2.29. The smallest absolute Gasteiger partial charge is 0.324 e. The van der Waals surface area contributed by atoms with Gasteiger partial charge in [0.05, 0.1) is 18.8 Å². The van der Waals surface area contributed by atoms with E-state index in [0.717, 1.165) is 19.4 Å². The molecule has 0 radical (unpaired) electrons. The van der Waals surface area contributed by atoms with Crippen molar-refractivity contribution in [1.29, 1.82) is 0 Å². The first-order valence-electron chi connectivity index (χ1n) is 5.72. The second-order valence-corrected chi connectivity index (χ2v) is 7.08. The maximum absolute atomic E-state index is 9.73. The van der Waals surface area contributed by atoms with E-state index in [0.29, 0.717) is 12.5 Å².